The topological polar surface area (TPSA) is 86.5 Å². The molecule has 1 N–H and O–H groups in total. The van der Waals surface area contributed by atoms with Crippen molar-refractivity contribution in [3.05, 3.63) is 53.1 Å². The molecule has 0 atom stereocenters. The number of ether oxygens (including phenoxy) is 2. The molecule has 0 unspecified atom stereocenters. The smallest absolute Gasteiger partial charge is 0.322 e. The molecule has 0 spiro atoms. The van der Waals surface area contributed by atoms with E-state index in [1.807, 2.05) is 0 Å². The van der Waals surface area contributed by atoms with E-state index in [-0.39, 0.29) is 11.9 Å². The minimum atomic E-state index is -0.397. The number of carbonyl (C=O) groups is 1. The normalized spacial score (nSPS) is 12.7. The molecule has 1 aliphatic rings. The van der Waals surface area contributed by atoms with Crippen LogP contribution in [-0.4, -0.2) is 29.3 Å². The van der Waals surface area contributed by atoms with Crippen LogP contribution in [0.1, 0.15) is 10.4 Å². The van der Waals surface area contributed by atoms with Crippen LogP contribution in [0.25, 0.3) is 11.5 Å². The lowest BCUT2D eigenvalue weighted by Gasteiger charge is -2.18. The first-order valence-corrected chi connectivity index (χ1v) is 7.88. The van der Waals surface area contributed by atoms with E-state index in [0.29, 0.717) is 40.9 Å². The number of anilines is 1. The van der Waals surface area contributed by atoms with E-state index in [1.165, 1.54) is 0 Å². The lowest BCUT2D eigenvalue weighted by Crippen LogP contribution is -2.17. The molecular formula is C17H12ClN3O4. The van der Waals surface area contributed by atoms with Crippen molar-refractivity contribution in [2.45, 2.75) is 0 Å². The molecule has 0 saturated heterocycles. The Kier molecular flexibility index (Phi) is 3.99. The van der Waals surface area contributed by atoms with Gasteiger partial charge in [0.1, 0.15) is 13.2 Å². The summed E-state index contributed by atoms with van der Waals surface area (Å²) < 4.78 is 16.4. The molecule has 0 fully saturated rings. The van der Waals surface area contributed by atoms with Gasteiger partial charge >= 0.3 is 6.01 Å². The van der Waals surface area contributed by atoms with Gasteiger partial charge in [0, 0.05) is 5.56 Å². The van der Waals surface area contributed by atoms with Crippen molar-refractivity contribution < 1.29 is 18.7 Å². The molecule has 7 nitrogen and oxygen atoms in total. The molecule has 1 aromatic heterocycles. The van der Waals surface area contributed by atoms with Gasteiger partial charge in [0.05, 0.1) is 10.6 Å². The SMILES string of the molecule is O=C(Nc1nnc(-c2ccccc2Cl)o1)c1ccc2c(c1)OCCO2. The maximum atomic E-state index is 12.4. The van der Waals surface area contributed by atoms with Crippen molar-refractivity contribution in [2.24, 2.45) is 0 Å². The number of aromatic nitrogens is 2. The summed E-state index contributed by atoms with van der Waals surface area (Å²) in [7, 11) is 0. The molecule has 126 valence electrons. The highest BCUT2D eigenvalue weighted by Gasteiger charge is 2.17. The zero-order valence-corrected chi connectivity index (χ0v) is 13.6. The van der Waals surface area contributed by atoms with Gasteiger partial charge < -0.3 is 13.9 Å². The fraction of sp³-hybridized carbons (Fsp3) is 0.118. The third-order valence-corrected chi connectivity index (χ3v) is 3.88. The van der Waals surface area contributed by atoms with Crippen molar-refractivity contribution in [3.8, 4) is 23.0 Å². The van der Waals surface area contributed by atoms with Gasteiger partial charge in [-0.1, -0.05) is 28.8 Å². The second kappa shape index (κ2) is 6.45. The minimum absolute atomic E-state index is 0.0187. The van der Waals surface area contributed by atoms with E-state index >= 15 is 0 Å². The zero-order valence-electron chi connectivity index (χ0n) is 12.9. The molecule has 2 aromatic carbocycles. The second-order valence-corrected chi connectivity index (χ2v) is 5.61. The number of nitrogens with one attached hydrogen (secondary N) is 1. The fourth-order valence-electron chi connectivity index (χ4n) is 2.37. The number of amides is 1. The maximum absolute atomic E-state index is 12.4. The molecule has 8 heteroatoms. The van der Waals surface area contributed by atoms with Gasteiger partial charge in [-0.2, -0.15) is 0 Å². The molecule has 0 saturated carbocycles. The highest BCUT2D eigenvalue weighted by Crippen LogP contribution is 2.31. The number of carbonyl (C=O) groups excluding carboxylic acids is 1. The number of nitrogens with zero attached hydrogens (tertiary/aromatic N) is 2. The maximum Gasteiger partial charge on any atom is 0.322 e. The molecule has 2 heterocycles. The quantitative estimate of drug-likeness (QED) is 0.773. The highest BCUT2D eigenvalue weighted by molar-refractivity contribution is 6.33. The first kappa shape index (κ1) is 15.5. The number of rotatable bonds is 3. The molecule has 4 rings (SSSR count). The zero-order chi connectivity index (χ0) is 17.2. The van der Waals surface area contributed by atoms with Gasteiger partial charge in [-0.05, 0) is 30.3 Å². The summed E-state index contributed by atoms with van der Waals surface area (Å²) in [6, 6.07) is 12.0. The third kappa shape index (κ3) is 3.14. The predicted molar refractivity (Wildman–Crippen MR) is 90.1 cm³/mol. The summed E-state index contributed by atoms with van der Waals surface area (Å²) in [5.74, 6) is 0.970. The summed E-state index contributed by atoms with van der Waals surface area (Å²) in [6.45, 7) is 0.939. The second-order valence-electron chi connectivity index (χ2n) is 5.20. The van der Waals surface area contributed by atoms with Crippen LogP contribution in [0.15, 0.2) is 46.9 Å². The van der Waals surface area contributed by atoms with E-state index < -0.39 is 5.91 Å². The highest BCUT2D eigenvalue weighted by atomic mass is 35.5. The molecular weight excluding hydrogens is 346 g/mol. The third-order valence-electron chi connectivity index (χ3n) is 3.55. The Labute approximate surface area is 147 Å². The molecule has 25 heavy (non-hydrogen) atoms. The van der Waals surface area contributed by atoms with Crippen molar-refractivity contribution in [2.75, 3.05) is 18.5 Å². The predicted octanol–water partition coefficient (Wildman–Crippen LogP) is 3.41. The monoisotopic (exact) mass is 357 g/mol. The summed E-state index contributed by atoms with van der Waals surface area (Å²) >= 11 is 6.10. The van der Waals surface area contributed by atoms with Crippen molar-refractivity contribution in [1.29, 1.82) is 0 Å². The van der Waals surface area contributed by atoms with Gasteiger partial charge in [0.2, 0.25) is 0 Å². The van der Waals surface area contributed by atoms with Crippen LogP contribution >= 0.6 is 11.6 Å². The Morgan fingerprint density at radius 2 is 1.84 bits per heavy atom. The Hall–Kier alpha value is -3.06. The summed E-state index contributed by atoms with van der Waals surface area (Å²) in [5, 5.41) is 10.8. The Bertz CT molecular complexity index is 941. The van der Waals surface area contributed by atoms with Crippen molar-refractivity contribution in [1.82, 2.24) is 10.2 Å². The van der Waals surface area contributed by atoms with E-state index in [2.05, 4.69) is 15.5 Å². The minimum Gasteiger partial charge on any atom is -0.486 e. The summed E-state index contributed by atoms with van der Waals surface area (Å²) in [6.07, 6.45) is 0. The van der Waals surface area contributed by atoms with Crippen LogP contribution in [-0.2, 0) is 0 Å². The molecule has 3 aromatic rings. The first-order chi connectivity index (χ1) is 12.2. The fourth-order valence-corrected chi connectivity index (χ4v) is 2.59. The van der Waals surface area contributed by atoms with Gasteiger partial charge in [-0.3, -0.25) is 10.1 Å². The van der Waals surface area contributed by atoms with E-state index in [4.69, 9.17) is 25.5 Å². The summed E-state index contributed by atoms with van der Waals surface area (Å²) in [4.78, 5) is 12.4. The standard InChI is InChI=1S/C17H12ClN3O4/c18-12-4-2-1-3-11(12)16-20-21-17(25-16)19-15(22)10-5-6-13-14(9-10)24-8-7-23-13/h1-6,9H,7-8H2,(H,19,21,22). The van der Waals surface area contributed by atoms with Crippen LogP contribution in [0.4, 0.5) is 6.01 Å². The van der Waals surface area contributed by atoms with E-state index in [0.717, 1.165) is 0 Å². The number of benzene rings is 2. The average Bonchev–Trinajstić information content (AvgIpc) is 3.10. The summed E-state index contributed by atoms with van der Waals surface area (Å²) in [5.41, 5.74) is 0.984. The van der Waals surface area contributed by atoms with Crippen LogP contribution in [0.5, 0.6) is 11.5 Å². The molecule has 0 aliphatic carbocycles. The van der Waals surface area contributed by atoms with Crippen LogP contribution < -0.4 is 14.8 Å². The van der Waals surface area contributed by atoms with Gasteiger partial charge in [-0.25, -0.2) is 0 Å². The first-order valence-electron chi connectivity index (χ1n) is 7.50. The number of hydrogen-bond acceptors (Lipinski definition) is 6. The number of hydrogen-bond donors (Lipinski definition) is 1. The lowest BCUT2D eigenvalue weighted by atomic mass is 10.2. The van der Waals surface area contributed by atoms with Crippen LogP contribution in [0.3, 0.4) is 0 Å². The van der Waals surface area contributed by atoms with Crippen molar-refractivity contribution in [3.63, 3.8) is 0 Å². The van der Waals surface area contributed by atoms with E-state index in [9.17, 15) is 4.79 Å². The molecule has 0 radical (unpaired) electrons. The van der Waals surface area contributed by atoms with Crippen molar-refractivity contribution >= 4 is 23.5 Å². The average molecular weight is 358 g/mol. The number of fused-ring (bicyclic) bond motifs is 1. The Morgan fingerprint density at radius 3 is 2.68 bits per heavy atom. The van der Waals surface area contributed by atoms with Gasteiger partial charge in [0.15, 0.2) is 11.5 Å². The molecule has 0 bridgehead atoms. The molecule has 1 aliphatic heterocycles. The lowest BCUT2D eigenvalue weighted by molar-refractivity contribution is 0.102. The Morgan fingerprint density at radius 1 is 1.04 bits per heavy atom. The van der Waals surface area contributed by atoms with E-state index in [1.54, 1.807) is 42.5 Å². The Balaban J connectivity index is 1.53. The van der Waals surface area contributed by atoms with Gasteiger partial charge in [0.25, 0.3) is 11.8 Å². The van der Waals surface area contributed by atoms with Crippen LogP contribution in [0.2, 0.25) is 5.02 Å². The van der Waals surface area contributed by atoms with Crippen LogP contribution in [0, 0.1) is 0 Å². The van der Waals surface area contributed by atoms with Gasteiger partial charge in [-0.15, -0.1) is 5.10 Å². The largest absolute Gasteiger partial charge is 0.486 e. The molecule has 1 amide bonds. The number of halogens is 1.